The summed E-state index contributed by atoms with van der Waals surface area (Å²) in [7, 11) is 1.55. The van der Waals surface area contributed by atoms with Crippen molar-refractivity contribution in [2.24, 2.45) is 0 Å². The number of carboxylic acids is 1. The van der Waals surface area contributed by atoms with E-state index in [0.717, 1.165) is 21.6 Å². The van der Waals surface area contributed by atoms with Crippen molar-refractivity contribution >= 4 is 51.8 Å². The number of nitrogens with zero attached hydrogens (tertiary/aromatic N) is 1. The van der Waals surface area contributed by atoms with Crippen molar-refractivity contribution in [3.8, 4) is 16.9 Å². The number of aromatic nitrogens is 1. The number of nitrogens with one attached hydrogen (secondary N) is 1. The third kappa shape index (κ3) is 5.50. The molecular formula is C31H25ClN2O4S. The lowest BCUT2D eigenvalue weighted by atomic mass is 10.0. The summed E-state index contributed by atoms with van der Waals surface area (Å²) < 4.78 is 6.89. The summed E-state index contributed by atoms with van der Waals surface area (Å²) in [6.07, 6.45) is 2.02. The third-order valence-corrected chi connectivity index (χ3v) is 7.49. The molecule has 1 amide bonds. The highest BCUT2D eigenvalue weighted by molar-refractivity contribution is 7.98. The Labute approximate surface area is 235 Å². The molecule has 0 fully saturated rings. The van der Waals surface area contributed by atoms with Gasteiger partial charge in [0.15, 0.2) is 5.69 Å². The first-order valence-corrected chi connectivity index (χ1v) is 13.7. The number of amides is 1. The van der Waals surface area contributed by atoms with Crippen LogP contribution < -0.4 is 10.1 Å². The van der Waals surface area contributed by atoms with Crippen molar-refractivity contribution < 1.29 is 19.4 Å². The van der Waals surface area contributed by atoms with Crippen molar-refractivity contribution in [1.82, 2.24) is 4.57 Å². The molecule has 0 aliphatic rings. The van der Waals surface area contributed by atoms with Gasteiger partial charge in [0.2, 0.25) is 0 Å². The molecule has 0 bridgehead atoms. The minimum Gasteiger partial charge on any atom is -0.497 e. The Bertz CT molecular complexity index is 1680. The molecule has 0 atom stereocenters. The Morgan fingerprint density at radius 3 is 2.31 bits per heavy atom. The molecule has 6 nitrogen and oxygen atoms in total. The van der Waals surface area contributed by atoms with Crippen LogP contribution in [0.2, 0.25) is 5.02 Å². The average Bonchev–Trinajstić information content (AvgIpc) is 3.25. The van der Waals surface area contributed by atoms with Crippen LogP contribution in [-0.2, 0) is 6.54 Å². The van der Waals surface area contributed by atoms with Gasteiger partial charge in [0, 0.05) is 27.4 Å². The molecule has 196 valence electrons. The van der Waals surface area contributed by atoms with Gasteiger partial charge in [-0.2, -0.15) is 0 Å². The molecule has 2 N–H and O–H groups in total. The third-order valence-electron chi connectivity index (χ3n) is 6.51. The highest BCUT2D eigenvalue weighted by Crippen LogP contribution is 2.36. The number of fused-ring (bicyclic) bond motifs is 1. The van der Waals surface area contributed by atoms with Gasteiger partial charge in [0.05, 0.1) is 18.3 Å². The molecule has 0 aliphatic carbocycles. The predicted molar refractivity (Wildman–Crippen MR) is 158 cm³/mol. The molecular weight excluding hydrogens is 532 g/mol. The maximum Gasteiger partial charge on any atom is 0.354 e. The van der Waals surface area contributed by atoms with Gasteiger partial charge >= 0.3 is 5.97 Å². The van der Waals surface area contributed by atoms with Gasteiger partial charge in [-0.05, 0) is 83.6 Å². The molecule has 1 heterocycles. The van der Waals surface area contributed by atoms with Gasteiger partial charge in [-0.15, -0.1) is 11.8 Å². The molecule has 39 heavy (non-hydrogen) atoms. The van der Waals surface area contributed by atoms with Gasteiger partial charge < -0.3 is 19.7 Å². The lowest BCUT2D eigenvalue weighted by Gasteiger charge is -2.10. The number of ether oxygens (including phenoxy) is 1. The molecule has 0 saturated carbocycles. The summed E-state index contributed by atoms with van der Waals surface area (Å²) >= 11 is 7.87. The van der Waals surface area contributed by atoms with Crippen LogP contribution >= 0.6 is 23.4 Å². The second-order valence-corrected chi connectivity index (χ2v) is 10.2. The van der Waals surface area contributed by atoms with Gasteiger partial charge in [-0.1, -0.05) is 41.9 Å². The normalized spacial score (nSPS) is 10.9. The number of carbonyl (C=O) groups is 2. The Kier molecular flexibility index (Phi) is 7.63. The lowest BCUT2D eigenvalue weighted by molar-refractivity contribution is 0.0687. The first-order valence-electron chi connectivity index (χ1n) is 12.1. The van der Waals surface area contributed by atoms with E-state index in [1.807, 2.05) is 60.9 Å². The molecule has 5 aromatic rings. The molecule has 8 heteroatoms. The lowest BCUT2D eigenvalue weighted by Crippen LogP contribution is -2.16. The summed E-state index contributed by atoms with van der Waals surface area (Å²) in [5, 5.41) is 14.4. The molecule has 0 saturated heterocycles. The Hall–Kier alpha value is -4.20. The van der Waals surface area contributed by atoms with Crippen molar-refractivity contribution in [3.63, 3.8) is 0 Å². The van der Waals surface area contributed by atoms with Gasteiger partial charge in [0.1, 0.15) is 5.75 Å². The number of anilines is 1. The monoisotopic (exact) mass is 556 g/mol. The zero-order valence-corrected chi connectivity index (χ0v) is 22.8. The highest BCUT2D eigenvalue weighted by atomic mass is 35.5. The zero-order valence-electron chi connectivity index (χ0n) is 21.3. The number of carboxylic acid groups (broad SMARTS) is 1. The van der Waals surface area contributed by atoms with Gasteiger partial charge in [0.25, 0.3) is 5.91 Å². The van der Waals surface area contributed by atoms with E-state index in [1.165, 1.54) is 0 Å². The maximum atomic E-state index is 13.3. The Morgan fingerprint density at radius 2 is 1.67 bits per heavy atom. The van der Waals surface area contributed by atoms with Crippen LogP contribution in [0.1, 0.15) is 26.4 Å². The van der Waals surface area contributed by atoms with Crippen LogP contribution in [0.4, 0.5) is 5.69 Å². The largest absolute Gasteiger partial charge is 0.497 e. The predicted octanol–water partition coefficient (Wildman–Crippen LogP) is 7.69. The van der Waals surface area contributed by atoms with Crippen molar-refractivity contribution in [2.75, 3.05) is 18.7 Å². The van der Waals surface area contributed by atoms with Crippen LogP contribution in [-0.4, -0.2) is 34.9 Å². The minimum absolute atomic E-state index is 0.0123. The van der Waals surface area contributed by atoms with Crippen LogP contribution in [0, 0.1) is 0 Å². The van der Waals surface area contributed by atoms with Gasteiger partial charge in [-0.3, -0.25) is 4.79 Å². The number of carbonyl (C=O) groups excluding carboxylic acids is 1. The number of hydrogen-bond acceptors (Lipinski definition) is 4. The van der Waals surface area contributed by atoms with Crippen molar-refractivity contribution in [2.45, 2.75) is 11.4 Å². The number of halogens is 1. The number of methoxy groups -OCH3 is 1. The molecule has 1 aromatic heterocycles. The fourth-order valence-electron chi connectivity index (χ4n) is 4.58. The standard InChI is InChI=1S/C31H25ClN2O4S/c1-38-24-11-6-21(7-12-24)30(35)33-28-26-17-22(20-8-13-25(39-2)14-9-20)10-15-27(26)34(29(28)31(36)37)18-19-4-3-5-23(32)16-19/h3-17H,18H2,1-2H3,(H,33,35)(H,36,37). The molecule has 4 aromatic carbocycles. The number of thioether (sulfide) groups is 1. The SMILES string of the molecule is COc1ccc(C(=O)Nc2c(C(=O)O)n(Cc3cccc(Cl)c3)c3ccc(-c4ccc(SC)cc4)cc23)cc1. The number of hydrogen-bond donors (Lipinski definition) is 2. The summed E-state index contributed by atoms with van der Waals surface area (Å²) in [5.74, 6) is -0.950. The second-order valence-electron chi connectivity index (χ2n) is 8.89. The number of rotatable bonds is 8. The van der Waals surface area contributed by atoms with E-state index >= 15 is 0 Å². The van der Waals surface area contributed by atoms with Crippen LogP contribution in [0.15, 0.2) is 95.9 Å². The fraction of sp³-hybridized carbons (Fsp3) is 0.0968. The van der Waals surface area contributed by atoms with Crippen LogP contribution in [0.5, 0.6) is 5.75 Å². The zero-order chi connectivity index (χ0) is 27.5. The summed E-state index contributed by atoms with van der Waals surface area (Å²) in [5.41, 5.74) is 4.03. The molecule has 0 unspecified atom stereocenters. The maximum absolute atomic E-state index is 13.3. The van der Waals surface area contributed by atoms with E-state index in [2.05, 4.69) is 5.32 Å². The smallest absolute Gasteiger partial charge is 0.354 e. The quantitative estimate of drug-likeness (QED) is 0.191. The van der Waals surface area contributed by atoms with Crippen molar-refractivity contribution in [3.05, 3.63) is 113 Å². The fourth-order valence-corrected chi connectivity index (χ4v) is 5.20. The average molecular weight is 557 g/mol. The number of benzene rings is 4. The van der Waals surface area contributed by atoms with E-state index in [9.17, 15) is 14.7 Å². The topological polar surface area (TPSA) is 80.6 Å². The first kappa shape index (κ1) is 26.4. The summed E-state index contributed by atoms with van der Waals surface area (Å²) in [4.78, 5) is 27.1. The van der Waals surface area contributed by atoms with Crippen LogP contribution in [0.3, 0.4) is 0 Å². The van der Waals surface area contributed by atoms with E-state index in [-0.39, 0.29) is 17.9 Å². The van der Waals surface area contributed by atoms with Gasteiger partial charge in [-0.25, -0.2) is 4.79 Å². The Morgan fingerprint density at radius 1 is 0.949 bits per heavy atom. The van der Waals surface area contributed by atoms with Crippen LogP contribution in [0.25, 0.3) is 22.0 Å². The Balaban J connectivity index is 1.66. The van der Waals surface area contributed by atoms with Crippen molar-refractivity contribution in [1.29, 1.82) is 0 Å². The molecule has 5 rings (SSSR count). The number of aromatic carboxylic acids is 1. The molecule has 0 aliphatic heterocycles. The summed E-state index contributed by atoms with van der Waals surface area (Å²) in [6, 6.07) is 27.9. The van der Waals surface area contributed by atoms with E-state index in [0.29, 0.717) is 27.2 Å². The molecule has 0 radical (unpaired) electrons. The summed E-state index contributed by atoms with van der Waals surface area (Å²) in [6.45, 7) is 0.263. The first-order chi connectivity index (χ1) is 18.9. The highest BCUT2D eigenvalue weighted by Gasteiger charge is 2.25. The minimum atomic E-state index is -1.15. The molecule has 0 spiro atoms. The second kappa shape index (κ2) is 11.3. The van der Waals surface area contributed by atoms with E-state index < -0.39 is 11.9 Å². The van der Waals surface area contributed by atoms with E-state index in [4.69, 9.17) is 16.3 Å². The van der Waals surface area contributed by atoms with E-state index in [1.54, 1.807) is 59.8 Å².